The highest BCUT2D eigenvalue weighted by atomic mass is 15.6. The molecule has 0 bridgehead atoms. The van der Waals surface area contributed by atoms with E-state index in [1.54, 1.807) is 0 Å². The van der Waals surface area contributed by atoms with Gasteiger partial charge >= 0.3 is 0 Å². The number of rotatable bonds is 7. The van der Waals surface area contributed by atoms with Crippen LogP contribution in [0.4, 0.5) is 5.69 Å². The molecular formula is C49H40N4. The average Bonchev–Trinajstić information content (AvgIpc) is 4.11. The van der Waals surface area contributed by atoms with Crippen molar-refractivity contribution in [1.82, 2.24) is 14.8 Å². The number of allylic oxidation sites excluding steroid dienone is 3. The van der Waals surface area contributed by atoms with E-state index in [1.807, 2.05) is 0 Å². The summed E-state index contributed by atoms with van der Waals surface area (Å²) < 4.78 is 2.46. The maximum atomic E-state index is 4.06. The zero-order valence-electron chi connectivity index (χ0n) is 29.6. The molecule has 0 amide bonds. The molecule has 256 valence electrons. The monoisotopic (exact) mass is 684 g/mol. The van der Waals surface area contributed by atoms with Crippen LogP contribution >= 0.6 is 0 Å². The second-order valence-electron chi connectivity index (χ2n) is 15.0. The summed E-state index contributed by atoms with van der Waals surface area (Å²) in [5, 5.41) is 11.8. The van der Waals surface area contributed by atoms with Crippen LogP contribution in [0.25, 0.3) is 44.6 Å². The molecule has 2 N–H and O–H groups in total. The van der Waals surface area contributed by atoms with Gasteiger partial charge in [-0.15, -0.1) is 0 Å². The Bertz CT molecular complexity index is 2620. The maximum absolute atomic E-state index is 4.06. The molecule has 6 aromatic carbocycles. The second kappa shape index (κ2) is 11.8. The van der Waals surface area contributed by atoms with E-state index in [2.05, 4.69) is 209 Å². The lowest BCUT2D eigenvalue weighted by Gasteiger charge is -2.28. The van der Waals surface area contributed by atoms with Crippen molar-refractivity contribution in [2.24, 2.45) is 0 Å². The lowest BCUT2D eigenvalue weighted by Crippen LogP contribution is -2.30. The van der Waals surface area contributed by atoms with Gasteiger partial charge in [0.1, 0.15) is 11.8 Å². The number of hydrogen-bond donors (Lipinski definition) is 2. The third-order valence-corrected chi connectivity index (χ3v) is 12.1. The van der Waals surface area contributed by atoms with Gasteiger partial charge in [0.25, 0.3) is 0 Å². The number of hydrogen-bond acceptors (Lipinski definition) is 3. The molecule has 1 aromatic heterocycles. The Morgan fingerprint density at radius 1 is 0.698 bits per heavy atom. The van der Waals surface area contributed by atoms with E-state index >= 15 is 0 Å². The summed E-state index contributed by atoms with van der Waals surface area (Å²) in [6, 6.07) is 53.9. The smallest absolute Gasteiger partial charge is 0.113 e. The van der Waals surface area contributed by atoms with Crippen molar-refractivity contribution in [2.45, 2.75) is 42.7 Å². The summed E-state index contributed by atoms with van der Waals surface area (Å²) in [4.78, 5) is 2.61. The van der Waals surface area contributed by atoms with Gasteiger partial charge in [-0.05, 0) is 81.4 Å². The van der Waals surface area contributed by atoms with E-state index in [0.717, 1.165) is 5.69 Å². The van der Waals surface area contributed by atoms with Gasteiger partial charge in [0.2, 0.25) is 0 Å². The number of nitrogens with zero attached hydrogens (tertiary/aromatic N) is 2. The van der Waals surface area contributed by atoms with Crippen molar-refractivity contribution < 1.29 is 0 Å². The lowest BCUT2D eigenvalue weighted by molar-refractivity contribution is 0.382. The molecule has 2 aliphatic heterocycles. The molecule has 11 rings (SSSR count). The predicted octanol–water partition coefficient (Wildman–Crippen LogP) is 11.0. The Labute approximate surface area is 310 Å². The first-order chi connectivity index (χ1) is 26.2. The summed E-state index contributed by atoms with van der Waals surface area (Å²) in [7, 11) is 0. The fourth-order valence-corrected chi connectivity index (χ4v) is 9.53. The van der Waals surface area contributed by atoms with Crippen LogP contribution in [-0.2, 0) is 0 Å². The summed E-state index contributed by atoms with van der Waals surface area (Å²) in [5.74, 6) is 0.483. The van der Waals surface area contributed by atoms with Crippen LogP contribution < -0.4 is 10.6 Å². The molecule has 7 atom stereocenters. The highest BCUT2D eigenvalue weighted by Gasteiger charge is 2.68. The molecule has 4 nitrogen and oxygen atoms in total. The SMILES string of the molecule is CC1c2c(n(-c3ccccc3)c3ccc4ccccc4c23)C=CC1c1ccc(N[C@@H]2C(c3ccccc3)N2C23C=CC=CC2N3)c(-c2ccccc2)c1. The molecule has 0 saturated carbocycles. The predicted molar refractivity (Wildman–Crippen MR) is 219 cm³/mol. The van der Waals surface area contributed by atoms with Crippen LogP contribution in [0.3, 0.4) is 0 Å². The molecule has 7 aromatic rings. The van der Waals surface area contributed by atoms with Gasteiger partial charge in [0.05, 0.1) is 23.3 Å². The van der Waals surface area contributed by atoms with Gasteiger partial charge in [0.15, 0.2) is 0 Å². The van der Waals surface area contributed by atoms with Crippen LogP contribution in [-0.4, -0.2) is 27.3 Å². The van der Waals surface area contributed by atoms with Crippen LogP contribution in [0.5, 0.6) is 0 Å². The molecular weight excluding hydrogens is 645 g/mol. The molecule has 6 unspecified atom stereocenters. The third-order valence-electron chi connectivity index (χ3n) is 12.1. The minimum atomic E-state index is -0.136. The van der Waals surface area contributed by atoms with E-state index in [0.29, 0.717) is 6.04 Å². The van der Waals surface area contributed by atoms with Crippen LogP contribution in [0, 0.1) is 0 Å². The number of anilines is 1. The fraction of sp³-hybridized carbons (Fsp3) is 0.143. The minimum absolute atomic E-state index is 0.136. The molecule has 4 heteroatoms. The van der Waals surface area contributed by atoms with Crippen LogP contribution in [0.15, 0.2) is 176 Å². The van der Waals surface area contributed by atoms with E-state index in [4.69, 9.17) is 0 Å². The third kappa shape index (κ3) is 4.76. The van der Waals surface area contributed by atoms with Gasteiger partial charge in [-0.25, -0.2) is 4.90 Å². The molecule has 2 saturated heterocycles. The first kappa shape index (κ1) is 30.7. The van der Waals surface area contributed by atoms with Crippen molar-refractivity contribution in [3.63, 3.8) is 0 Å². The van der Waals surface area contributed by atoms with Gasteiger partial charge in [-0.1, -0.05) is 146 Å². The number of aromatic nitrogens is 1. The van der Waals surface area contributed by atoms with Crippen molar-refractivity contribution >= 4 is 33.4 Å². The normalized spacial score (nSPS) is 26.4. The van der Waals surface area contributed by atoms with E-state index in [-0.39, 0.29) is 29.7 Å². The molecule has 2 fully saturated rings. The Hall–Kier alpha value is -5.94. The van der Waals surface area contributed by atoms with Crippen molar-refractivity contribution in [3.05, 3.63) is 198 Å². The van der Waals surface area contributed by atoms with Crippen molar-refractivity contribution in [1.29, 1.82) is 0 Å². The summed E-state index contributed by atoms with van der Waals surface area (Å²) >= 11 is 0. The summed E-state index contributed by atoms with van der Waals surface area (Å²) in [6.07, 6.45) is 13.9. The Morgan fingerprint density at radius 3 is 2.26 bits per heavy atom. The highest BCUT2D eigenvalue weighted by Crippen LogP contribution is 2.55. The van der Waals surface area contributed by atoms with E-state index in [1.165, 1.54) is 60.9 Å². The Balaban J connectivity index is 1.01. The van der Waals surface area contributed by atoms with Crippen LogP contribution in [0.2, 0.25) is 0 Å². The first-order valence-electron chi connectivity index (χ1n) is 18.9. The van der Waals surface area contributed by atoms with Gasteiger partial charge in [0, 0.05) is 28.2 Å². The average molecular weight is 685 g/mol. The molecule has 0 spiro atoms. The van der Waals surface area contributed by atoms with E-state index < -0.39 is 0 Å². The summed E-state index contributed by atoms with van der Waals surface area (Å²) in [6.45, 7) is 2.43. The largest absolute Gasteiger partial charge is 0.367 e. The molecule has 0 radical (unpaired) electrons. The zero-order chi connectivity index (χ0) is 35.1. The van der Waals surface area contributed by atoms with Gasteiger partial charge in [-0.3, -0.25) is 5.32 Å². The topological polar surface area (TPSA) is 41.9 Å². The Kier molecular flexibility index (Phi) is 6.82. The number of para-hydroxylation sites is 1. The fourth-order valence-electron chi connectivity index (χ4n) is 9.53. The standard InChI is InChI=1S/C49H40N4/c1-32-38(26-29-42-45(32)46-39-22-12-11-17-34(39)25-28-43(46)52(42)37-20-9-4-10-21-37)36-24-27-41(40(31-36)33-15-5-2-6-16-33)50-48-47(35-18-7-3-8-19-35)53(48)49-30-14-13-23-44(49)51-49/h2-32,38,44,47-48,50-51H,1H3/t32?,38?,44?,47?,48-,49?,53?/m0/s1. The number of nitrogens with one attached hydrogen (secondary N) is 2. The molecule has 3 heterocycles. The molecule has 53 heavy (non-hydrogen) atoms. The van der Waals surface area contributed by atoms with Gasteiger partial charge < -0.3 is 9.88 Å². The minimum Gasteiger partial charge on any atom is -0.367 e. The zero-order valence-corrected chi connectivity index (χ0v) is 29.6. The Morgan fingerprint density at radius 2 is 1.45 bits per heavy atom. The van der Waals surface area contributed by atoms with E-state index in [9.17, 15) is 0 Å². The quantitative estimate of drug-likeness (QED) is 0.164. The van der Waals surface area contributed by atoms with Crippen molar-refractivity contribution in [2.75, 3.05) is 5.32 Å². The van der Waals surface area contributed by atoms with Crippen LogP contribution in [0.1, 0.15) is 47.2 Å². The molecule has 2 aliphatic carbocycles. The number of benzene rings is 6. The highest BCUT2D eigenvalue weighted by molar-refractivity contribution is 6.11. The first-order valence-corrected chi connectivity index (χ1v) is 18.9. The van der Waals surface area contributed by atoms with Crippen molar-refractivity contribution in [3.8, 4) is 16.8 Å². The van der Waals surface area contributed by atoms with Gasteiger partial charge in [-0.2, -0.15) is 0 Å². The molecule has 4 aliphatic rings. The number of fused-ring (bicyclic) bond motifs is 6. The maximum Gasteiger partial charge on any atom is 0.113 e. The summed E-state index contributed by atoms with van der Waals surface area (Å²) in [5.41, 5.74) is 11.3. The second-order valence-corrected chi connectivity index (χ2v) is 15.0. The lowest BCUT2D eigenvalue weighted by atomic mass is 9.77.